The van der Waals surface area contributed by atoms with Gasteiger partial charge in [0.15, 0.2) is 5.82 Å². The second kappa shape index (κ2) is 3.27. The smallest absolute Gasteiger partial charge is 0.339 e. The molecule has 2 heterocycles. The van der Waals surface area contributed by atoms with Gasteiger partial charge in [-0.2, -0.15) is 0 Å². The Balaban J connectivity index is 2.73. The van der Waals surface area contributed by atoms with Gasteiger partial charge >= 0.3 is 5.97 Å². The molecule has 0 saturated carbocycles. The Morgan fingerprint density at radius 2 is 2.27 bits per heavy atom. The molecule has 2 aromatic heterocycles. The number of aromatic nitrogens is 2. The first-order valence-electron chi connectivity index (χ1n) is 4.48. The SMILES string of the molecule is CN(C)c1nn2cccc2cc1C(=O)O. The molecule has 0 atom stereocenters. The highest BCUT2D eigenvalue weighted by Gasteiger charge is 2.14. The molecule has 0 aliphatic heterocycles. The molecule has 5 heteroatoms. The normalized spacial score (nSPS) is 10.5. The van der Waals surface area contributed by atoms with Gasteiger partial charge < -0.3 is 10.0 Å². The van der Waals surface area contributed by atoms with Crippen molar-refractivity contribution in [3.63, 3.8) is 0 Å². The van der Waals surface area contributed by atoms with Crippen molar-refractivity contribution in [3.05, 3.63) is 30.0 Å². The minimum absolute atomic E-state index is 0.214. The highest BCUT2D eigenvalue weighted by molar-refractivity contribution is 5.94. The molecule has 15 heavy (non-hydrogen) atoms. The second-order valence-corrected chi connectivity index (χ2v) is 3.46. The molecule has 0 fully saturated rings. The van der Waals surface area contributed by atoms with Crippen LogP contribution in [0.1, 0.15) is 10.4 Å². The first-order chi connectivity index (χ1) is 7.09. The minimum atomic E-state index is -0.963. The number of nitrogens with zero attached hydrogens (tertiary/aromatic N) is 3. The van der Waals surface area contributed by atoms with Gasteiger partial charge in [-0.15, -0.1) is 5.10 Å². The zero-order valence-electron chi connectivity index (χ0n) is 8.51. The average molecular weight is 205 g/mol. The van der Waals surface area contributed by atoms with Gasteiger partial charge in [0.05, 0.1) is 5.52 Å². The van der Waals surface area contributed by atoms with Crippen molar-refractivity contribution < 1.29 is 9.90 Å². The van der Waals surface area contributed by atoms with E-state index in [1.54, 1.807) is 35.8 Å². The van der Waals surface area contributed by atoms with Gasteiger partial charge in [0, 0.05) is 20.3 Å². The van der Waals surface area contributed by atoms with Crippen molar-refractivity contribution in [2.75, 3.05) is 19.0 Å². The third-order valence-electron chi connectivity index (χ3n) is 2.15. The quantitative estimate of drug-likeness (QED) is 0.797. The van der Waals surface area contributed by atoms with Crippen LogP contribution in [0.25, 0.3) is 5.52 Å². The maximum atomic E-state index is 11.0. The van der Waals surface area contributed by atoms with Crippen molar-refractivity contribution in [3.8, 4) is 0 Å². The van der Waals surface area contributed by atoms with E-state index in [0.29, 0.717) is 5.82 Å². The fraction of sp³-hybridized carbons (Fsp3) is 0.200. The zero-order valence-corrected chi connectivity index (χ0v) is 8.51. The zero-order chi connectivity index (χ0) is 11.0. The number of hydrogen-bond donors (Lipinski definition) is 1. The molecule has 1 N–H and O–H groups in total. The van der Waals surface area contributed by atoms with Crippen molar-refractivity contribution in [2.45, 2.75) is 0 Å². The predicted molar refractivity (Wildman–Crippen MR) is 56.5 cm³/mol. The molecular weight excluding hydrogens is 194 g/mol. The number of fused-ring (bicyclic) bond motifs is 1. The lowest BCUT2D eigenvalue weighted by atomic mass is 10.2. The third-order valence-corrected chi connectivity index (χ3v) is 2.15. The van der Waals surface area contributed by atoms with Crippen LogP contribution in [0.15, 0.2) is 24.4 Å². The molecule has 0 unspecified atom stereocenters. The third kappa shape index (κ3) is 1.52. The summed E-state index contributed by atoms with van der Waals surface area (Å²) in [5.41, 5.74) is 0.990. The van der Waals surface area contributed by atoms with Crippen LogP contribution in [0.4, 0.5) is 5.82 Å². The molecule has 0 radical (unpaired) electrons. The summed E-state index contributed by atoms with van der Waals surface area (Å²) in [7, 11) is 3.54. The van der Waals surface area contributed by atoms with E-state index in [1.165, 1.54) is 0 Å². The summed E-state index contributed by atoms with van der Waals surface area (Å²) in [6.45, 7) is 0. The Hall–Kier alpha value is -2.04. The first-order valence-corrected chi connectivity index (χ1v) is 4.48. The summed E-state index contributed by atoms with van der Waals surface area (Å²) in [6.07, 6.45) is 1.79. The van der Waals surface area contributed by atoms with E-state index in [0.717, 1.165) is 5.52 Å². The summed E-state index contributed by atoms with van der Waals surface area (Å²) < 4.78 is 1.65. The largest absolute Gasteiger partial charge is 0.478 e. The number of carboxylic acid groups (broad SMARTS) is 1. The van der Waals surface area contributed by atoms with Crippen LogP contribution < -0.4 is 4.90 Å². The molecule has 0 spiro atoms. The maximum Gasteiger partial charge on any atom is 0.339 e. The lowest BCUT2D eigenvalue weighted by Gasteiger charge is -2.14. The summed E-state index contributed by atoms with van der Waals surface area (Å²) in [5.74, 6) is -0.513. The van der Waals surface area contributed by atoms with E-state index >= 15 is 0 Å². The number of anilines is 1. The van der Waals surface area contributed by atoms with Gasteiger partial charge in [-0.3, -0.25) is 0 Å². The van der Waals surface area contributed by atoms with E-state index in [1.807, 2.05) is 12.1 Å². The fourth-order valence-corrected chi connectivity index (χ4v) is 1.45. The first kappa shape index (κ1) is 9.51. The van der Waals surface area contributed by atoms with Gasteiger partial charge in [0.1, 0.15) is 5.56 Å². The van der Waals surface area contributed by atoms with E-state index in [4.69, 9.17) is 5.11 Å². The molecule has 0 bridgehead atoms. The number of carbonyl (C=O) groups is 1. The molecule has 0 amide bonds. The molecule has 0 aliphatic rings. The summed E-state index contributed by atoms with van der Waals surface area (Å²) in [4.78, 5) is 12.7. The molecule has 2 rings (SSSR count). The van der Waals surface area contributed by atoms with Crippen LogP contribution in [0, 0.1) is 0 Å². The van der Waals surface area contributed by atoms with E-state index in [9.17, 15) is 4.79 Å². The van der Waals surface area contributed by atoms with Crippen molar-refractivity contribution in [2.24, 2.45) is 0 Å². The molecule has 78 valence electrons. The molecule has 5 nitrogen and oxygen atoms in total. The molecule has 0 saturated heterocycles. The van der Waals surface area contributed by atoms with E-state index in [-0.39, 0.29) is 5.56 Å². The van der Waals surface area contributed by atoms with Crippen LogP contribution in [-0.2, 0) is 0 Å². The average Bonchev–Trinajstić information content (AvgIpc) is 2.61. The van der Waals surface area contributed by atoms with Gasteiger partial charge in [0.2, 0.25) is 0 Å². The van der Waals surface area contributed by atoms with Crippen LogP contribution in [0.3, 0.4) is 0 Å². The van der Waals surface area contributed by atoms with E-state index in [2.05, 4.69) is 5.10 Å². The lowest BCUT2D eigenvalue weighted by Crippen LogP contribution is -2.17. The van der Waals surface area contributed by atoms with Gasteiger partial charge in [0.25, 0.3) is 0 Å². The Kier molecular flexibility index (Phi) is 2.07. The van der Waals surface area contributed by atoms with Crippen molar-refractivity contribution in [1.82, 2.24) is 9.61 Å². The summed E-state index contributed by atoms with van der Waals surface area (Å²) in [6, 6.07) is 5.26. The monoisotopic (exact) mass is 205 g/mol. The molecule has 2 aromatic rings. The highest BCUT2D eigenvalue weighted by atomic mass is 16.4. The number of carboxylic acids is 1. The van der Waals surface area contributed by atoms with E-state index < -0.39 is 5.97 Å². The molecule has 0 aliphatic carbocycles. The van der Waals surface area contributed by atoms with Crippen LogP contribution >= 0.6 is 0 Å². The Labute approximate surface area is 86.5 Å². The number of rotatable bonds is 2. The Bertz CT molecular complexity index is 516. The number of hydrogen-bond acceptors (Lipinski definition) is 3. The van der Waals surface area contributed by atoms with Crippen molar-refractivity contribution >= 4 is 17.3 Å². The predicted octanol–water partition coefficient (Wildman–Crippen LogP) is 1.10. The van der Waals surface area contributed by atoms with Crippen LogP contribution in [0.5, 0.6) is 0 Å². The maximum absolute atomic E-state index is 11.0. The van der Waals surface area contributed by atoms with Crippen molar-refractivity contribution in [1.29, 1.82) is 0 Å². The second-order valence-electron chi connectivity index (χ2n) is 3.46. The lowest BCUT2D eigenvalue weighted by molar-refractivity contribution is 0.0697. The highest BCUT2D eigenvalue weighted by Crippen LogP contribution is 2.17. The summed E-state index contributed by atoms with van der Waals surface area (Å²) in [5, 5.41) is 13.3. The standard InChI is InChI=1S/C10H11N3O2/c1-12(2)9-8(10(14)15)6-7-4-3-5-13(7)11-9/h3-6H,1-2H3,(H,14,15). The van der Waals surface area contributed by atoms with Gasteiger partial charge in [-0.05, 0) is 18.2 Å². The van der Waals surface area contributed by atoms with Crippen LogP contribution in [0.2, 0.25) is 0 Å². The Morgan fingerprint density at radius 3 is 2.87 bits per heavy atom. The topological polar surface area (TPSA) is 57.8 Å². The van der Waals surface area contributed by atoms with Gasteiger partial charge in [-0.1, -0.05) is 0 Å². The van der Waals surface area contributed by atoms with Gasteiger partial charge in [-0.25, -0.2) is 9.31 Å². The number of aromatic carboxylic acids is 1. The summed E-state index contributed by atoms with van der Waals surface area (Å²) >= 11 is 0. The minimum Gasteiger partial charge on any atom is -0.478 e. The van der Waals surface area contributed by atoms with Crippen LogP contribution in [-0.4, -0.2) is 34.8 Å². The Morgan fingerprint density at radius 1 is 1.53 bits per heavy atom. The molecular formula is C10H11N3O2. The molecule has 0 aromatic carbocycles. The fourth-order valence-electron chi connectivity index (χ4n) is 1.45.